The summed E-state index contributed by atoms with van der Waals surface area (Å²) in [4.78, 5) is 17.7. The van der Waals surface area contributed by atoms with Crippen LogP contribution in [0.4, 0.5) is 11.9 Å². The minimum absolute atomic E-state index is 0.0427. The molecule has 2 heterocycles. The van der Waals surface area contributed by atoms with Crippen molar-refractivity contribution >= 4 is 11.9 Å². The molecule has 1 atom stereocenters. The van der Waals surface area contributed by atoms with Gasteiger partial charge in [-0.3, -0.25) is 0 Å². The third-order valence-corrected chi connectivity index (χ3v) is 3.38. The Morgan fingerprint density at radius 3 is 2.71 bits per heavy atom. The molecule has 0 aromatic carbocycles. The number of nitrogens with one attached hydrogen (secondary N) is 1. The number of ether oxygens (including phenoxy) is 1. The van der Waals surface area contributed by atoms with Gasteiger partial charge in [-0.2, -0.15) is 15.0 Å². The third-order valence-electron chi connectivity index (χ3n) is 3.38. The molecular weight excluding hydrogens is 268 g/mol. The smallest absolute Gasteiger partial charge is 0.323 e. The summed E-state index contributed by atoms with van der Waals surface area (Å²) in [5.41, 5.74) is 0. The molecule has 7 heteroatoms. The number of hydrogen-bond acceptors (Lipinski definition) is 7. The summed E-state index contributed by atoms with van der Waals surface area (Å²) < 4.78 is 5.63. The van der Waals surface area contributed by atoms with E-state index >= 15 is 0 Å². The van der Waals surface area contributed by atoms with E-state index in [0.717, 1.165) is 13.1 Å². The van der Waals surface area contributed by atoms with E-state index in [0.29, 0.717) is 23.9 Å². The number of rotatable bonds is 6. The van der Waals surface area contributed by atoms with E-state index in [9.17, 15) is 0 Å². The number of anilines is 2. The van der Waals surface area contributed by atoms with Gasteiger partial charge in [-0.25, -0.2) is 0 Å². The number of hydrogen-bond donors (Lipinski definition) is 1. The zero-order valence-corrected chi connectivity index (χ0v) is 13.6. The average molecular weight is 294 g/mol. The lowest BCUT2D eigenvalue weighted by molar-refractivity contribution is 0.222. The second kappa shape index (κ2) is 6.89. The third kappa shape index (κ3) is 4.17. The molecule has 0 saturated carbocycles. The molecule has 1 aromatic heterocycles. The zero-order valence-electron chi connectivity index (χ0n) is 13.6. The first-order valence-corrected chi connectivity index (χ1v) is 7.51. The lowest BCUT2D eigenvalue weighted by atomic mass is 10.2. The second-order valence-corrected chi connectivity index (χ2v) is 5.91. The maximum atomic E-state index is 5.63. The Hall–Kier alpha value is -1.63. The largest absolute Gasteiger partial charge is 0.461 e. The fourth-order valence-corrected chi connectivity index (χ4v) is 2.56. The van der Waals surface area contributed by atoms with Gasteiger partial charge >= 0.3 is 6.01 Å². The molecule has 0 spiro atoms. The molecular formula is C14H26N6O. The normalized spacial score (nSPS) is 18.6. The summed E-state index contributed by atoms with van der Waals surface area (Å²) in [6, 6.07) is 0.828. The Bertz CT molecular complexity index is 465. The van der Waals surface area contributed by atoms with E-state index < -0.39 is 0 Å². The maximum absolute atomic E-state index is 5.63. The van der Waals surface area contributed by atoms with Crippen LogP contribution in [-0.2, 0) is 0 Å². The fraction of sp³-hybridized carbons (Fsp3) is 0.786. The first kappa shape index (κ1) is 15.8. The first-order valence-electron chi connectivity index (χ1n) is 7.51. The van der Waals surface area contributed by atoms with Crippen LogP contribution in [0.25, 0.3) is 0 Å². The van der Waals surface area contributed by atoms with Gasteiger partial charge in [-0.15, -0.1) is 0 Å². The summed E-state index contributed by atoms with van der Waals surface area (Å²) in [7, 11) is 5.99. The summed E-state index contributed by atoms with van der Waals surface area (Å²) in [5, 5.41) is 2.98. The van der Waals surface area contributed by atoms with E-state index in [1.165, 1.54) is 12.8 Å². The van der Waals surface area contributed by atoms with Crippen molar-refractivity contribution in [1.82, 2.24) is 19.9 Å². The van der Waals surface area contributed by atoms with Gasteiger partial charge < -0.3 is 19.9 Å². The average Bonchev–Trinajstić information content (AvgIpc) is 2.84. The van der Waals surface area contributed by atoms with Gasteiger partial charge in [0.25, 0.3) is 0 Å². The maximum Gasteiger partial charge on any atom is 0.323 e. The Balaban J connectivity index is 2.24. The van der Waals surface area contributed by atoms with Gasteiger partial charge in [-0.1, -0.05) is 0 Å². The molecule has 1 fully saturated rings. The molecule has 1 aliphatic heterocycles. The molecule has 0 bridgehead atoms. The van der Waals surface area contributed by atoms with Crippen LogP contribution in [0.15, 0.2) is 0 Å². The van der Waals surface area contributed by atoms with E-state index in [1.54, 1.807) is 7.05 Å². The molecule has 0 amide bonds. The molecule has 0 radical (unpaired) electrons. The summed E-state index contributed by atoms with van der Waals surface area (Å²) >= 11 is 0. The predicted octanol–water partition coefficient (Wildman–Crippen LogP) is 1.23. The van der Waals surface area contributed by atoms with Crippen LogP contribution in [-0.4, -0.2) is 66.2 Å². The van der Waals surface area contributed by atoms with Gasteiger partial charge in [0.2, 0.25) is 11.9 Å². The number of aromatic nitrogens is 3. The van der Waals surface area contributed by atoms with E-state index in [2.05, 4.69) is 44.2 Å². The predicted molar refractivity (Wildman–Crippen MR) is 84.1 cm³/mol. The number of nitrogens with zero attached hydrogens (tertiary/aromatic N) is 5. The Morgan fingerprint density at radius 2 is 2.10 bits per heavy atom. The lowest BCUT2D eigenvalue weighted by Crippen LogP contribution is -2.38. The standard InChI is InChI=1S/C14H26N6O/c1-10(2)21-14-17-12(15-3)16-13(18-14)20-8-6-7-11(20)9-19(4)5/h10-11H,6-9H2,1-5H3,(H,15,16,17,18). The summed E-state index contributed by atoms with van der Waals surface area (Å²) in [5.74, 6) is 1.25. The molecule has 1 saturated heterocycles. The monoisotopic (exact) mass is 294 g/mol. The van der Waals surface area contributed by atoms with Crippen molar-refractivity contribution in [1.29, 1.82) is 0 Å². The molecule has 7 nitrogen and oxygen atoms in total. The highest BCUT2D eigenvalue weighted by Gasteiger charge is 2.28. The van der Waals surface area contributed by atoms with Crippen molar-refractivity contribution in [2.24, 2.45) is 0 Å². The zero-order chi connectivity index (χ0) is 15.4. The second-order valence-electron chi connectivity index (χ2n) is 5.91. The van der Waals surface area contributed by atoms with E-state index in [-0.39, 0.29) is 6.10 Å². The van der Waals surface area contributed by atoms with Crippen molar-refractivity contribution < 1.29 is 4.74 Å². The van der Waals surface area contributed by atoms with Crippen LogP contribution < -0.4 is 15.0 Å². The van der Waals surface area contributed by atoms with Crippen molar-refractivity contribution in [3.05, 3.63) is 0 Å². The fourth-order valence-electron chi connectivity index (χ4n) is 2.56. The molecule has 1 aromatic rings. The summed E-state index contributed by atoms with van der Waals surface area (Å²) in [6.07, 6.45) is 2.37. The van der Waals surface area contributed by atoms with Crippen molar-refractivity contribution in [3.63, 3.8) is 0 Å². The summed E-state index contributed by atoms with van der Waals surface area (Å²) in [6.45, 7) is 5.91. The van der Waals surface area contributed by atoms with Gasteiger partial charge in [0.05, 0.1) is 6.10 Å². The molecule has 21 heavy (non-hydrogen) atoms. The SMILES string of the molecule is CNc1nc(OC(C)C)nc(N2CCCC2CN(C)C)n1. The van der Waals surface area contributed by atoms with Crippen LogP contribution in [0, 0.1) is 0 Å². The van der Waals surface area contributed by atoms with Gasteiger partial charge in [0, 0.05) is 26.2 Å². The molecule has 0 aliphatic carbocycles. The highest BCUT2D eigenvalue weighted by Crippen LogP contribution is 2.25. The highest BCUT2D eigenvalue weighted by molar-refractivity contribution is 5.40. The first-order chi connectivity index (χ1) is 9.99. The minimum atomic E-state index is 0.0427. The highest BCUT2D eigenvalue weighted by atomic mass is 16.5. The number of likely N-dealkylation sites (N-methyl/N-ethyl adjacent to an activating group) is 1. The van der Waals surface area contributed by atoms with Crippen molar-refractivity contribution in [2.45, 2.75) is 38.8 Å². The topological polar surface area (TPSA) is 66.4 Å². The molecule has 1 unspecified atom stereocenters. The molecule has 1 N–H and O–H groups in total. The van der Waals surface area contributed by atoms with Gasteiger partial charge in [0.15, 0.2) is 0 Å². The van der Waals surface area contributed by atoms with Crippen LogP contribution in [0.2, 0.25) is 0 Å². The van der Waals surface area contributed by atoms with Gasteiger partial charge in [0.1, 0.15) is 0 Å². The molecule has 118 valence electrons. The van der Waals surface area contributed by atoms with E-state index in [4.69, 9.17) is 4.74 Å². The minimum Gasteiger partial charge on any atom is -0.461 e. The van der Waals surface area contributed by atoms with Crippen LogP contribution >= 0.6 is 0 Å². The van der Waals surface area contributed by atoms with Crippen LogP contribution in [0.1, 0.15) is 26.7 Å². The molecule has 1 aliphatic rings. The Morgan fingerprint density at radius 1 is 1.33 bits per heavy atom. The quantitative estimate of drug-likeness (QED) is 0.846. The Kier molecular flexibility index (Phi) is 5.17. The van der Waals surface area contributed by atoms with Crippen LogP contribution in [0.3, 0.4) is 0 Å². The van der Waals surface area contributed by atoms with Gasteiger partial charge in [-0.05, 0) is 40.8 Å². The van der Waals surface area contributed by atoms with Crippen LogP contribution in [0.5, 0.6) is 6.01 Å². The van der Waals surface area contributed by atoms with Crippen molar-refractivity contribution in [2.75, 3.05) is 44.4 Å². The molecule has 2 rings (SSSR count). The lowest BCUT2D eigenvalue weighted by Gasteiger charge is -2.27. The Labute approximate surface area is 126 Å². The van der Waals surface area contributed by atoms with Crippen molar-refractivity contribution in [3.8, 4) is 6.01 Å². The van der Waals surface area contributed by atoms with E-state index in [1.807, 2.05) is 13.8 Å².